The molecule has 1 saturated heterocycles. The summed E-state index contributed by atoms with van der Waals surface area (Å²) in [6.07, 6.45) is 1.68. The molecule has 1 saturated carbocycles. The van der Waals surface area contributed by atoms with Gasteiger partial charge in [-0.1, -0.05) is 24.3 Å². The predicted molar refractivity (Wildman–Crippen MR) is 154 cm³/mol. The maximum absolute atomic E-state index is 13.3. The van der Waals surface area contributed by atoms with E-state index < -0.39 is 0 Å². The van der Waals surface area contributed by atoms with Crippen LogP contribution in [0.15, 0.2) is 72.8 Å². The first-order chi connectivity index (χ1) is 19.3. The molecule has 2 fully saturated rings. The monoisotopic (exact) mass is 543 g/mol. The highest BCUT2D eigenvalue weighted by Gasteiger charge is 2.34. The first kappa shape index (κ1) is 27.2. The number of piperazine rings is 1. The number of hydrogen-bond acceptors (Lipinski definition) is 4. The van der Waals surface area contributed by atoms with Crippen molar-refractivity contribution in [1.82, 2.24) is 9.80 Å². The first-order valence-electron chi connectivity index (χ1n) is 13.6. The summed E-state index contributed by atoms with van der Waals surface area (Å²) < 4.78 is 13.3. The number of carbonyl (C=O) groups is 3. The van der Waals surface area contributed by atoms with Gasteiger partial charge in [0.15, 0.2) is 0 Å². The second-order valence-corrected chi connectivity index (χ2v) is 10.5. The Morgan fingerprint density at radius 2 is 1.57 bits per heavy atom. The van der Waals surface area contributed by atoms with E-state index in [9.17, 15) is 18.8 Å². The van der Waals surface area contributed by atoms with Crippen LogP contribution in [-0.4, -0.2) is 60.4 Å². The van der Waals surface area contributed by atoms with E-state index in [-0.39, 0.29) is 42.7 Å². The predicted octanol–water partition coefficient (Wildman–Crippen LogP) is 4.87. The second kappa shape index (κ2) is 12.2. The molecule has 0 aromatic heterocycles. The molecular formula is C31H34FN5O3. The topological polar surface area (TPSA) is 85.0 Å². The Bertz CT molecular complexity index is 1350. The third-order valence-corrected chi connectivity index (χ3v) is 7.21. The van der Waals surface area contributed by atoms with Crippen LogP contribution in [0.1, 0.15) is 24.0 Å². The van der Waals surface area contributed by atoms with Crippen LogP contribution in [0.3, 0.4) is 0 Å². The number of nitrogens with zero attached hydrogens (tertiary/aromatic N) is 3. The van der Waals surface area contributed by atoms with Crippen molar-refractivity contribution >= 4 is 34.9 Å². The van der Waals surface area contributed by atoms with E-state index in [1.165, 1.54) is 12.1 Å². The van der Waals surface area contributed by atoms with Crippen LogP contribution < -0.4 is 15.5 Å². The maximum Gasteiger partial charge on any atom is 0.321 e. The second-order valence-electron chi connectivity index (χ2n) is 10.5. The molecule has 5 rings (SSSR count). The first-order valence-corrected chi connectivity index (χ1v) is 13.6. The fraction of sp³-hybridized carbons (Fsp3) is 0.323. The molecule has 0 radical (unpaired) electrons. The largest absolute Gasteiger partial charge is 0.368 e. The van der Waals surface area contributed by atoms with Gasteiger partial charge in [-0.05, 0) is 79.4 Å². The third-order valence-electron chi connectivity index (χ3n) is 7.21. The van der Waals surface area contributed by atoms with E-state index in [2.05, 4.69) is 15.5 Å². The van der Waals surface area contributed by atoms with Gasteiger partial charge in [-0.25, -0.2) is 9.18 Å². The van der Waals surface area contributed by atoms with Gasteiger partial charge in [0.25, 0.3) is 0 Å². The van der Waals surface area contributed by atoms with E-state index >= 15 is 0 Å². The van der Waals surface area contributed by atoms with Crippen LogP contribution in [0.4, 0.5) is 26.2 Å². The van der Waals surface area contributed by atoms with Crippen molar-refractivity contribution in [3.63, 3.8) is 0 Å². The Balaban J connectivity index is 1.12. The van der Waals surface area contributed by atoms with E-state index in [0.29, 0.717) is 31.9 Å². The number of nitrogens with one attached hydrogen (secondary N) is 2. The fourth-order valence-electron chi connectivity index (χ4n) is 4.83. The molecule has 9 heteroatoms. The van der Waals surface area contributed by atoms with Crippen molar-refractivity contribution in [2.24, 2.45) is 5.92 Å². The molecule has 3 aromatic carbocycles. The van der Waals surface area contributed by atoms with Crippen molar-refractivity contribution in [3.05, 3.63) is 89.7 Å². The summed E-state index contributed by atoms with van der Waals surface area (Å²) in [5.74, 6) is -0.684. The smallest absolute Gasteiger partial charge is 0.321 e. The zero-order valence-corrected chi connectivity index (χ0v) is 22.6. The van der Waals surface area contributed by atoms with Crippen molar-refractivity contribution in [3.8, 4) is 0 Å². The minimum Gasteiger partial charge on any atom is -0.368 e. The normalized spacial score (nSPS) is 14.9. The molecular weight excluding hydrogens is 509 g/mol. The number of hydrogen-bond donors (Lipinski definition) is 2. The Kier molecular flexibility index (Phi) is 8.28. The summed E-state index contributed by atoms with van der Waals surface area (Å²) in [5, 5.41) is 5.86. The average Bonchev–Trinajstić information content (AvgIpc) is 3.80. The van der Waals surface area contributed by atoms with Crippen LogP contribution in [0.5, 0.6) is 0 Å². The minimum absolute atomic E-state index is 0.0263. The van der Waals surface area contributed by atoms with Crippen molar-refractivity contribution in [2.75, 3.05) is 48.3 Å². The van der Waals surface area contributed by atoms with E-state index in [0.717, 1.165) is 35.3 Å². The van der Waals surface area contributed by atoms with Crippen molar-refractivity contribution < 1.29 is 18.8 Å². The van der Waals surface area contributed by atoms with Crippen LogP contribution in [0, 0.1) is 18.7 Å². The maximum atomic E-state index is 13.3. The average molecular weight is 544 g/mol. The van der Waals surface area contributed by atoms with E-state index in [4.69, 9.17) is 0 Å². The lowest BCUT2D eigenvalue weighted by molar-refractivity contribution is -0.136. The molecule has 1 aliphatic heterocycles. The highest BCUT2D eigenvalue weighted by molar-refractivity contribution is 5.95. The molecule has 1 heterocycles. The standard InChI is InChI=1S/C31H34FN5O3/c1-22-3-2-4-27(19-22)34-31(40)36-17-15-35(16-18-36)28-13-11-26(12-14-28)33-29(38)21-37(30(39)24-7-8-24)20-23-5-9-25(32)10-6-23/h2-6,9-14,19,24H,7-8,15-18,20-21H2,1H3,(H,33,38)(H,34,40). The zero-order chi connectivity index (χ0) is 28.1. The molecule has 4 amide bonds. The number of aryl methyl sites for hydroxylation is 1. The lowest BCUT2D eigenvalue weighted by Gasteiger charge is -2.36. The van der Waals surface area contributed by atoms with Gasteiger partial charge in [0, 0.05) is 55.7 Å². The van der Waals surface area contributed by atoms with E-state index in [1.807, 2.05) is 60.4 Å². The quantitative estimate of drug-likeness (QED) is 0.425. The van der Waals surface area contributed by atoms with Crippen LogP contribution >= 0.6 is 0 Å². The van der Waals surface area contributed by atoms with Crippen molar-refractivity contribution in [2.45, 2.75) is 26.3 Å². The highest BCUT2D eigenvalue weighted by atomic mass is 19.1. The number of anilines is 3. The molecule has 1 aliphatic carbocycles. The van der Waals surface area contributed by atoms with Crippen LogP contribution in [-0.2, 0) is 16.1 Å². The van der Waals surface area contributed by atoms with Gasteiger partial charge in [0.2, 0.25) is 11.8 Å². The molecule has 2 aliphatic rings. The summed E-state index contributed by atoms with van der Waals surface area (Å²) >= 11 is 0. The van der Waals surface area contributed by atoms with E-state index in [1.54, 1.807) is 17.0 Å². The fourth-order valence-corrected chi connectivity index (χ4v) is 4.83. The van der Waals surface area contributed by atoms with Gasteiger partial charge in [-0.15, -0.1) is 0 Å². The SMILES string of the molecule is Cc1cccc(NC(=O)N2CCN(c3ccc(NC(=O)CN(Cc4ccc(F)cc4)C(=O)C4CC4)cc3)CC2)c1. The molecule has 0 atom stereocenters. The molecule has 0 bridgehead atoms. The highest BCUT2D eigenvalue weighted by Crippen LogP contribution is 2.31. The number of urea groups is 1. The minimum atomic E-state index is -0.337. The molecule has 3 aromatic rings. The van der Waals surface area contributed by atoms with Gasteiger partial charge in [-0.3, -0.25) is 9.59 Å². The van der Waals surface area contributed by atoms with Gasteiger partial charge in [0.1, 0.15) is 12.4 Å². The Hall–Kier alpha value is -4.40. The third kappa shape index (κ3) is 7.16. The van der Waals surface area contributed by atoms with Crippen LogP contribution in [0.2, 0.25) is 0 Å². The molecule has 40 heavy (non-hydrogen) atoms. The summed E-state index contributed by atoms with van der Waals surface area (Å²) in [7, 11) is 0. The van der Waals surface area contributed by atoms with Gasteiger partial charge in [-0.2, -0.15) is 0 Å². The lowest BCUT2D eigenvalue weighted by atomic mass is 10.2. The van der Waals surface area contributed by atoms with Gasteiger partial charge >= 0.3 is 6.03 Å². The lowest BCUT2D eigenvalue weighted by Crippen LogP contribution is -2.50. The van der Waals surface area contributed by atoms with Gasteiger partial charge < -0.3 is 25.3 Å². The molecule has 2 N–H and O–H groups in total. The number of carbonyl (C=O) groups excluding carboxylic acids is 3. The summed E-state index contributed by atoms with van der Waals surface area (Å²) in [6, 6.07) is 21.2. The number of rotatable bonds is 8. The van der Waals surface area contributed by atoms with Crippen molar-refractivity contribution in [1.29, 1.82) is 0 Å². The number of amides is 4. The molecule has 208 valence electrons. The summed E-state index contributed by atoms with van der Waals surface area (Å²) in [5.41, 5.74) is 4.32. The Morgan fingerprint density at radius 3 is 2.23 bits per heavy atom. The molecule has 0 unspecified atom stereocenters. The molecule has 0 spiro atoms. The number of benzene rings is 3. The Morgan fingerprint density at radius 1 is 0.875 bits per heavy atom. The number of halogens is 1. The summed E-state index contributed by atoms with van der Waals surface area (Å²) in [6.45, 7) is 4.80. The van der Waals surface area contributed by atoms with Gasteiger partial charge in [0.05, 0.1) is 0 Å². The zero-order valence-electron chi connectivity index (χ0n) is 22.6. The Labute approximate surface area is 233 Å². The van der Waals surface area contributed by atoms with Crippen LogP contribution in [0.25, 0.3) is 0 Å². The molecule has 8 nitrogen and oxygen atoms in total. The summed E-state index contributed by atoms with van der Waals surface area (Å²) in [4.78, 5) is 43.9.